The van der Waals surface area contributed by atoms with Crippen LogP contribution < -0.4 is 0 Å². The molecule has 0 aliphatic heterocycles. The van der Waals surface area contributed by atoms with E-state index in [-0.39, 0.29) is 48.9 Å². The fourth-order valence-electron chi connectivity index (χ4n) is 1.63. The SMILES string of the molecule is C=CCc1cccc2ccccc12.[BaH2]. The molecule has 0 saturated heterocycles. The van der Waals surface area contributed by atoms with Gasteiger partial charge in [0.15, 0.2) is 0 Å². The second kappa shape index (κ2) is 5.79. The Morgan fingerprint density at radius 2 is 1.71 bits per heavy atom. The van der Waals surface area contributed by atoms with E-state index in [1.165, 1.54) is 16.3 Å². The number of hydrogen-bond acceptors (Lipinski definition) is 0. The van der Waals surface area contributed by atoms with Crippen LogP contribution in [-0.4, -0.2) is 48.9 Å². The third-order valence-corrected chi connectivity index (χ3v) is 2.24. The quantitative estimate of drug-likeness (QED) is 0.591. The van der Waals surface area contributed by atoms with Crippen LogP contribution >= 0.6 is 0 Å². The van der Waals surface area contributed by atoms with Crippen molar-refractivity contribution in [3.8, 4) is 0 Å². The molecule has 0 radical (unpaired) electrons. The van der Waals surface area contributed by atoms with Crippen molar-refractivity contribution in [1.29, 1.82) is 0 Å². The Morgan fingerprint density at radius 1 is 1.00 bits per heavy atom. The molecule has 2 aromatic carbocycles. The molecule has 0 saturated carbocycles. The Hall–Kier alpha value is 0.0114. The third kappa shape index (κ3) is 2.53. The molecule has 0 bridgehead atoms. The van der Waals surface area contributed by atoms with Crippen LogP contribution in [0.2, 0.25) is 0 Å². The summed E-state index contributed by atoms with van der Waals surface area (Å²) in [5, 5.41) is 2.65. The molecule has 0 amide bonds. The summed E-state index contributed by atoms with van der Waals surface area (Å²) < 4.78 is 0. The number of hydrogen-bond donors (Lipinski definition) is 0. The van der Waals surface area contributed by atoms with Gasteiger partial charge in [0.05, 0.1) is 0 Å². The fraction of sp³-hybridized carbons (Fsp3) is 0.0769. The molecule has 0 fully saturated rings. The van der Waals surface area contributed by atoms with Crippen molar-refractivity contribution < 1.29 is 0 Å². The number of rotatable bonds is 2. The average molecular weight is 308 g/mol. The van der Waals surface area contributed by atoms with Crippen LogP contribution in [0, 0.1) is 0 Å². The Labute approximate surface area is 125 Å². The van der Waals surface area contributed by atoms with E-state index in [2.05, 4.69) is 49.0 Å². The summed E-state index contributed by atoms with van der Waals surface area (Å²) in [5.74, 6) is 0. The molecule has 14 heavy (non-hydrogen) atoms. The first kappa shape index (κ1) is 12.1. The van der Waals surface area contributed by atoms with E-state index >= 15 is 0 Å². The Morgan fingerprint density at radius 3 is 2.50 bits per heavy atom. The van der Waals surface area contributed by atoms with Gasteiger partial charge in [0.1, 0.15) is 0 Å². The molecule has 0 N–H and O–H groups in total. The maximum atomic E-state index is 3.76. The van der Waals surface area contributed by atoms with E-state index in [1.807, 2.05) is 6.08 Å². The first-order valence-electron chi connectivity index (χ1n) is 4.49. The third-order valence-electron chi connectivity index (χ3n) is 2.24. The molecule has 2 rings (SSSR count). The topological polar surface area (TPSA) is 0 Å². The standard InChI is InChI=1S/C13H12.Ba.2H/c1-2-6-11-8-5-9-12-7-3-4-10-13(11)12;;;/h2-5,7-10H,1,6H2;;;. The molecule has 2 aromatic rings. The van der Waals surface area contributed by atoms with E-state index < -0.39 is 0 Å². The fourth-order valence-corrected chi connectivity index (χ4v) is 1.63. The molecule has 0 nitrogen and oxygen atoms in total. The monoisotopic (exact) mass is 308 g/mol. The summed E-state index contributed by atoms with van der Waals surface area (Å²) in [6.45, 7) is 3.76. The van der Waals surface area contributed by atoms with Crippen molar-refractivity contribution >= 4 is 59.7 Å². The summed E-state index contributed by atoms with van der Waals surface area (Å²) in [5.41, 5.74) is 1.35. The minimum absolute atomic E-state index is 0. The van der Waals surface area contributed by atoms with Crippen molar-refractivity contribution in [3.05, 3.63) is 60.7 Å². The second-order valence-electron chi connectivity index (χ2n) is 3.13. The van der Waals surface area contributed by atoms with E-state index in [4.69, 9.17) is 0 Å². The predicted octanol–water partition coefficient (Wildman–Crippen LogP) is 2.65. The first-order chi connectivity index (χ1) is 6.42. The van der Waals surface area contributed by atoms with Gasteiger partial charge in [-0.25, -0.2) is 0 Å². The summed E-state index contributed by atoms with van der Waals surface area (Å²) in [7, 11) is 0. The van der Waals surface area contributed by atoms with Gasteiger partial charge in [-0.15, -0.1) is 6.58 Å². The Balaban J connectivity index is 0.000000980. The van der Waals surface area contributed by atoms with Crippen LogP contribution in [0.5, 0.6) is 0 Å². The van der Waals surface area contributed by atoms with Gasteiger partial charge < -0.3 is 0 Å². The van der Waals surface area contributed by atoms with Gasteiger partial charge in [-0.1, -0.05) is 48.5 Å². The zero-order chi connectivity index (χ0) is 9.10. The molecule has 0 spiro atoms. The van der Waals surface area contributed by atoms with E-state index in [0.29, 0.717) is 0 Å². The van der Waals surface area contributed by atoms with Gasteiger partial charge in [0.2, 0.25) is 0 Å². The molecule has 0 unspecified atom stereocenters. The molecule has 68 valence electrons. The summed E-state index contributed by atoms with van der Waals surface area (Å²) in [6, 6.07) is 14.8. The molecule has 0 aliphatic rings. The van der Waals surface area contributed by atoms with Crippen LogP contribution in [-0.2, 0) is 6.42 Å². The molecule has 0 heterocycles. The van der Waals surface area contributed by atoms with Gasteiger partial charge >= 0.3 is 48.9 Å². The van der Waals surface area contributed by atoms with Crippen molar-refractivity contribution in [2.24, 2.45) is 0 Å². The maximum absolute atomic E-state index is 3.76. The van der Waals surface area contributed by atoms with Crippen LogP contribution in [0.15, 0.2) is 55.1 Å². The number of fused-ring (bicyclic) bond motifs is 1. The average Bonchev–Trinajstić information content (AvgIpc) is 2.19. The van der Waals surface area contributed by atoms with Gasteiger partial charge in [-0.2, -0.15) is 0 Å². The van der Waals surface area contributed by atoms with Crippen LogP contribution in [0.4, 0.5) is 0 Å². The zero-order valence-electron chi connectivity index (χ0n) is 7.53. The summed E-state index contributed by atoms with van der Waals surface area (Å²) in [4.78, 5) is 0. The van der Waals surface area contributed by atoms with Crippen molar-refractivity contribution in [3.63, 3.8) is 0 Å². The normalized spacial score (nSPS) is 9.43. The van der Waals surface area contributed by atoms with Crippen molar-refractivity contribution in [2.45, 2.75) is 6.42 Å². The van der Waals surface area contributed by atoms with Gasteiger partial charge in [-0.3, -0.25) is 0 Å². The number of benzene rings is 2. The molecule has 1 heteroatoms. The summed E-state index contributed by atoms with van der Waals surface area (Å²) >= 11 is 0. The van der Waals surface area contributed by atoms with Gasteiger partial charge in [-0.05, 0) is 22.8 Å². The van der Waals surface area contributed by atoms with Crippen LogP contribution in [0.1, 0.15) is 5.56 Å². The minimum atomic E-state index is 0. The number of allylic oxidation sites excluding steroid dienone is 1. The van der Waals surface area contributed by atoms with Gasteiger partial charge in [0.25, 0.3) is 0 Å². The predicted molar refractivity (Wildman–Crippen MR) is 66.4 cm³/mol. The van der Waals surface area contributed by atoms with Crippen LogP contribution in [0.25, 0.3) is 10.8 Å². The van der Waals surface area contributed by atoms with Crippen LogP contribution in [0.3, 0.4) is 0 Å². The second-order valence-corrected chi connectivity index (χ2v) is 3.13. The van der Waals surface area contributed by atoms with Crippen molar-refractivity contribution in [1.82, 2.24) is 0 Å². The Bertz CT molecular complexity index is 427. The Kier molecular flexibility index (Phi) is 4.99. The molecular weight excluding hydrogens is 293 g/mol. The molecule has 0 aliphatic carbocycles. The van der Waals surface area contributed by atoms with E-state index in [9.17, 15) is 0 Å². The van der Waals surface area contributed by atoms with Gasteiger partial charge in [0, 0.05) is 0 Å². The summed E-state index contributed by atoms with van der Waals surface area (Å²) in [6.07, 6.45) is 2.89. The first-order valence-corrected chi connectivity index (χ1v) is 4.49. The molecule has 0 atom stereocenters. The molecular formula is C13H14Ba. The zero-order valence-corrected chi connectivity index (χ0v) is 7.53. The van der Waals surface area contributed by atoms with E-state index in [0.717, 1.165) is 6.42 Å². The van der Waals surface area contributed by atoms with Crippen molar-refractivity contribution in [2.75, 3.05) is 0 Å². The molecule has 0 aromatic heterocycles. The van der Waals surface area contributed by atoms with E-state index in [1.54, 1.807) is 0 Å².